The number of rotatable bonds is 4. The summed E-state index contributed by atoms with van der Waals surface area (Å²) in [7, 11) is 1.65. The highest BCUT2D eigenvalue weighted by Crippen LogP contribution is 2.44. The number of piperidine rings is 1. The normalized spacial score (nSPS) is 28.0. The second-order valence-electron chi connectivity index (χ2n) is 6.17. The van der Waals surface area contributed by atoms with Crippen molar-refractivity contribution in [2.45, 2.75) is 37.8 Å². The van der Waals surface area contributed by atoms with Crippen molar-refractivity contribution in [3.63, 3.8) is 0 Å². The van der Waals surface area contributed by atoms with Crippen molar-refractivity contribution in [3.8, 4) is 11.8 Å². The Morgan fingerprint density at radius 2 is 1.91 bits per heavy atom. The predicted octanol–water partition coefficient (Wildman–Crippen LogP) is 2.67. The fourth-order valence-electron chi connectivity index (χ4n) is 4.03. The minimum atomic E-state index is -0.982. The smallest absolute Gasteiger partial charge is 0.321 e. The van der Waals surface area contributed by atoms with Crippen LogP contribution in [0.15, 0.2) is 24.3 Å². The molecule has 0 aromatic heterocycles. The monoisotopic (exact) mass is 300 g/mol. The molecular formula is C17H20N2O3. The number of anilines is 1. The molecule has 2 aliphatic rings. The van der Waals surface area contributed by atoms with E-state index in [0.717, 1.165) is 37.1 Å². The molecule has 0 saturated carbocycles. The van der Waals surface area contributed by atoms with Crippen molar-refractivity contribution in [1.29, 1.82) is 5.26 Å². The summed E-state index contributed by atoms with van der Waals surface area (Å²) >= 11 is 0. The molecule has 2 aliphatic heterocycles. The molecule has 0 aliphatic carbocycles. The molecule has 0 spiro atoms. The number of aliphatic carboxylic acids is 1. The van der Waals surface area contributed by atoms with Crippen LogP contribution in [0, 0.1) is 23.2 Å². The minimum Gasteiger partial charge on any atom is -0.497 e. The summed E-state index contributed by atoms with van der Waals surface area (Å²) in [6, 6.07) is 10.7. The van der Waals surface area contributed by atoms with E-state index in [1.165, 1.54) is 0 Å². The van der Waals surface area contributed by atoms with Crippen LogP contribution in [0.5, 0.6) is 5.75 Å². The van der Waals surface area contributed by atoms with Crippen LogP contribution in [-0.4, -0.2) is 30.3 Å². The maximum Gasteiger partial charge on any atom is 0.321 e. The Balaban J connectivity index is 1.78. The minimum absolute atomic E-state index is 0.0329. The van der Waals surface area contributed by atoms with Gasteiger partial charge in [0.15, 0.2) is 0 Å². The van der Waals surface area contributed by atoms with E-state index < -0.39 is 11.9 Å². The van der Waals surface area contributed by atoms with Crippen LogP contribution in [0.25, 0.3) is 0 Å². The summed E-state index contributed by atoms with van der Waals surface area (Å²) in [5.74, 6) is -1.05. The van der Waals surface area contributed by atoms with Gasteiger partial charge in [-0.1, -0.05) is 0 Å². The molecule has 3 unspecified atom stereocenters. The first-order valence-electron chi connectivity index (χ1n) is 7.69. The van der Waals surface area contributed by atoms with E-state index in [-0.39, 0.29) is 5.92 Å². The van der Waals surface area contributed by atoms with E-state index in [1.807, 2.05) is 18.2 Å². The summed E-state index contributed by atoms with van der Waals surface area (Å²) in [4.78, 5) is 13.6. The molecule has 2 saturated heterocycles. The number of carbonyl (C=O) groups is 1. The third-order valence-corrected chi connectivity index (χ3v) is 5.02. The Morgan fingerprint density at radius 3 is 2.36 bits per heavy atom. The molecule has 22 heavy (non-hydrogen) atoms. The second-order valence-corrected chi connectivity index (χ2v) is 6.17. The van der Waals surface area contributed by atoms with Gasteiger partial charge in [0.2, 0.25) is 0 Å². The van der Waals surface area contributed by atoms with Gasteiger partial charge < -0.3 is 14.7 Å². The standard InChI is InChI=1S/C17H20N2O3/c1-22-15-6-4-12(5-7-15)19-13-2-3-14(19)9-11(8-13)16(10-18)17(20)21/h4-7,11,13-14,16H,2-3,8-9H2,1H3,(H,20,21). The SMILES string of the molecule is COc1ccc(N2C3CCC2CC(C(C#N)C(=O)O)C3)cc1. The van der Waals surface area contributed by atoms with Crippen LogP contribution in [-0.2, 0) is 4.79 Å². The maximum atomic E-state index is 11.2. The summed E-state index contributed by atoms with van der Waals surface area (Å²) in [6.07, 6.45) is 3.72. The lowest BCUT2D eigenvalue weighted by atomic mass is 9.81. The third-order valence-electron chi connectivity index (χ3n) is 5.02. The number of benzene rings is 1. The van der Waals surface area contributed by atoms with Gasteiger partial charge in [0, 0.05) is 17.8 Å². The van der Waals surface area contributed by atoms with Gasteiger partial charge in [-0.25, -0.2) is 0 Å². The maximum absolute atomic E-state index is 11.2. The number of hydrogen-bond donors (Lipinski definition) is 1. The number of nitriles is 1. The highest BCUT2D eigenvalue weighted by Gasteiger charge is 2.44. The number of hydrogen-bond acceptors (Lipinski definition) is 4. The number of ether oxygens (including phenoxy) is 1. The Labute approximate surface area is 130 Å². The zero-order valence-corrected chi connectivity index (χ0v) is 12.6. The topological polar surface area (TPSA) is 73.6 Å². The molecule has 116 valence electrons. The fraction of sp³-hybridized carbons (Fsp3) is 0.529. The first-order chi connectivity index (χ1) is 10.6. The molecule has 0 radical (unpaired) electrons. The zero-order valence-electron chi connectivity index (χ0n) is 12.6. The Morgan fingerprint density at radius 1 is 1.32 bits per heavy atom. The van der Waals surface area contributed by atoms with Gasteiger partial charge in [0.05, 0.1) is 13.2 Å². The number of fused-ring (bicyclic) bond motifs is 2. The van der Waals surface area contributed by atoms with E-state index in [1.54, 1.807) is 7.11 Å². The lowest BCUT2D eigenvalue weighted by Gasteiger charge is -2.41. The average molecular weight is 300 g/mol. The number of carboxylic acids is 1. The molecule has 0 amide bonds. The van der Waals surface area contributed by atoms with E-state index >= 15 is 0 Å². The number of carboxylic acid groups (broad SMARTS) is 1. The number of nitrogens with zero attached hydrogens (tertiary/aromatic N) is 2. The van der Waals surface area contributed by atoms with Crippen LogP contribution >= 0.6 is 0 Å². The van der Waals surface area contributed by atoms with Crippen LogP contribution in [0.4, 0.5) is 5.69 Å². The molecule has 1 aromatic carbocycles. The lowest BCUT2D eigenvalue weighted by Crippen LogP contribution is -2.45. The molecule has 1 aromatic rings. The molecule has 2 fully saturated rings. The van der Waals surface area contributed by atoms with Gasteiger partial charge in [-0.15, -0.1) is 0 Å². The van der Waals surface area contributed by atoms with E-state index in [0.29, 0.717) is 12.1 Å². The summed E-state index contributed by atoms with van der Waals surface area (Å²) < 4.78 is 5.20. The van der Waals surface area contributed by atoms with Gasteiger partial charge in [0.25, 0.3) is 0 Å². The first-order valence-corrected chi connectivity index (χ1v) is 7.69. The lowest BCUT2D eigenvalue weighted by molar-refractivity contribution is -0.141. The third kappa shape index (κ3) is 2.50. The summed E-state index contributed by atoms with van der Waals surface area (Å²) in [5, 5.41) is 18.3. The predicted molar refractivity (Wildman–Crippen MR) is 81.7 cm³/mol. The first kappa shape index (κ1) is 14.7. The van der Waals surface area contributed by atoms with Crippen molar-refractivity contribution in [3.05, 3.63) is 24.3 Å². The van der Waals surface area contributed by atoms with Crippen LogP contribution in [0.2, 0.25) is 0 Å². The van der Waals surface area contributed by atoms with Crippen molar-refractivity contribution >= 4 is 11.7 Å². The van der Waals surface area contributed by atoms with Crippen LogP contribution in [0.1, 0.15) is 25.7 Å². The van der Waals surface area contributed by atoms with Gasteiger partial charge >= 0.3 is 5.97 Å². The van der Waals surface area contributed by atoms with Gasteiger partial charge in [-0.3, -0.25) is 4.79 Å². The Kier molecular flexibility index (Phi) is 3.93. The molecule has 5 nitrogen and oxygen atoms in total. The summed E-state index contributed by atoms with van der Waals surface area (Å²) in [5.41, 5.74) is 1.16. The Bertz CT molecular complexity index is 579. The van der Waals surface area contributed by atoms with Crippen molar-refractivity contribution in [2.24, 2.45) is 11.8 Å². The van der Waals surface area contributed by atoms with Crippen LogP contribution < -0.4 is 9.64 Å². The molecule has 2 heterocycles. The number of methoxy groups -OCH3 is 1. The van der Waals surface area contributed by atoms with E-state index in [2.05, 4.69) is 17.0 Å². The molecular weight excluding hydrogens is 280 g/mol. The van der Waals surface area contributed by atoms with Crippen molar-refractivity contribution in [2.75, 3.05) is 12.0 Å². The van der Waals surface area contributed by atoms with Crippen molar-refractivity contribution in [1.82, 2.24) is 0 Å². The van der Waals surface area contributed by atoms with Gasteiger partial charge in [0.1, 0.15) is 11.7 Å². The molecule has 3 rings (SSSR count). The van der Waals surface area contributed by atoms with Crippen LogP contribution in [0.3, 0.4) is 0 Å². The zero-order chi connectivity index (χ0) is 15.7. The average Bonchev–Trinajstić information content (AvgIpc) is 2.78. The van der Waals surface area contributed by atoms with Gasteiger partial charge in [-0.05, 0) is 55.9 Å². The molecule has 5 heteroatoms. The van der Waals surface area contributed by atoms with E-state index in [9.17, 15) is 9.90 Å². The largest absolute Gasteiger partial charge is 0.497 e. The summed E-state index contributed by atoms with van der Waals surface area (Å²) in [6.45, 7) is 0. The highest BCUT2D eigenvalue weighted by atomic mass is 16.5. The van der Waals surface area contributed by atoms with E-state index in [4.69, 9.17) is 10.00 Å². The molecule has 2 bridgehead atoms. The molecule has 3 atom stereocenters. The Hall–Kier alpha value is -2.22. The quantitative estimate of drug-likeness (QED) is 0.925. The van der Waals surface area contributed by atoms with Gasteiger partial charge in [-0.2, -0.15) is 5.26 Å². The van der Waals surface area contributed by atoms with Crippen molar-refractivity contribution < 1.29 is 14.6 Å². The second kappa shape index (κ2) is 5.88. The fourth-order valence-corrected chi connectivity index (χ4v) is 4.03. The molecule has 1 N–H and O–H groups in total. The highest BCUT2D eigenvalue weighted by molar-refractivity contribution is 5.73.